The molecule has 0 unspecified atom stereocenters. The van der Waals surface area contributed by atoms with Gasteiger partial charge in [0, 0.05) is 12.2 Å². The number of aliphatic imine (C=N–C) groups is 1. The van der Waals surface area contributed by atoms with Crippen LogP contribution in [0.3, 0.4) is 0 Å². The van der Waals surface area contributed by atoms with Crippen molar-refractivity contribution in [2.24, 2.45) is 10.7 Å². The Hall–Kier alpha value is -2.52. The lowest BCUT2D eigenvalue weighted by Crippen LogP contribution is -2.23. The van der Waals surface area contributed by atoms with E-state index < -0.39 is 0 Å². The minimum atomic E-state index is 0. The predicted octanol–water partition coefficient (Wildman–Crippen LogP) is 5.24. The van der Waals surface area contributed by atoms with Crippen LogP contribution in [0.15, 0.2) is 76.3 Å². The summed E-state index contributed by atoms with van der Waals surface area (Å²) >= 11 is 0. The van der Waals surface area contributed by atoms with Crippen molar-refractivity contribution in [2.75, 3.05) is 12.4 Å². The van der Waals surface area contributed by atoms with E-state index in [1.54, 1.807) is 6.26 Å². The third-order valence-electron chi connectivity index (χ3n) is 4.48. The van der Waals surface area contributed by atoms with E-state index in [0.29, 0.717) is 12.5 Å². The minimum absolute atomic E-state index is 0. The highest BCUT2D eigenvalue weighted by atomic mass is 127. The lowest BCUT2D eigenvalue weighted by molar-refractivity contribution is 0.242. The molecule has 0 saturated heterocycles. The standard InChI is InChI=1S/C24H30N4O2.HI/c1-18(2)30-22-12-10-21(11-13-22)27-24(25)26-15-19-7-4-5-8-20(19)16-28(3)17-23-9-6-14-29-23;/h4-14,18H,15-17H2,1-3H3,(H3,25,26,27);1H. The number of furan rings is 1. The first-order chi connectivity index (χ1) is 14.5. The van der Waals surface area contributed by atoms with Crippen LogP contribution in [0.2, 0.25) is 0 Å². The van der Waals surface area contributed by atoms with Gasteiger partial charge in [-0.3, -0.25) is 4.90 Å². The van der Waals surface area contributed by atoms with Crippen LogP contribution in [0, 0.1) is 0 Å². The summed E-state index contributed by atoms with van der Waals surface area (Å²) in [4.78, 5) is 6.73. The lowest BCUT2D eigenvalue weighted by Gasteiger charge is -2.17. The van der Waals surface area contributed by atoms with Crippen LogP contribution in [-0.4, -0.2) is 24.0 Å². The number of halogens is 1. The second kappa shape index (κ2) is 12.4. The van der Waals surface area contributed by atoms with Crippen LogP contribution >= 0.6 is 24.0 Å². The quantitative estimate of drug-likeness (QED) is 0.223. The van der Waals surface area contributed by atoms with Crippen molar-refractivity contribution in [3.8, 4) is 5.75 Å². The van der Waals surface area contributed by atoms with Gasteiger partial charge in [0.1, 0.15) is 11.5 Å². The van der Waals surface area contributed by atoms with Crippen LogP contribution in [-0.2, 0) is 19.6 Å². The van der Waals surface area contributed by atoms with E-state index in [4.69, 9.17) is 14.9 Å². The second-order valence-corrected chi connectivity index (χ2v) is 7.54. The Morgan fingerprint density at radius 1 is 1.03 bits per heavy atom. The fraction of sp³-hybridized carbons (Fsp3) is 0.292. The summed E-state index contributed by atoms with van der Waals surface area (Å²) in [6, 6.07) is 19.9. The second-order valence-electron chi connectivity index (χ2n) is 7.54. The molecule has 3 rings (SSSR count). The summed E-state index contributed by atoms with van der Waals surface area (Å²) in [6.07, 6.45) is 1.85. The number of guanidine groups is 1. The molecule has 2 aromatic carbocycles. The fourth-order valence-corrected chi connectivity index (χ4v) is 3.13. The Morgan fingerprint density at radius 3 is 2.39 bits per heavy atom. The van der Waals surface area contributed by atoms with Gasteiger partial charge in [-0.05, 0) is 68.4 Å². The number of rotatable bonds is 9. The number of anilines is 1. The first-order valence-corrected chi connectivity index (χ1v) is 10.1. The molecule has 3 aromatic rings. The highest BCUT2D eigenvalue weighted by molar-refractivity contribution is 14.0. The monoisotopic (exact) mass is 534 g/mol. The lowest BCUT2D eigenvalue weighted by atomic mass is 10.1. The first kappa shape index (κ1) is 24.7. The summed E-state index contributed by atoms with van der Waals surface area (Å²) < 4.78 is 11.1. The van der Waals surface area contributed by atoms with E-state index in [1.165, 1.54) is 5.56 Å². The number of hydrogen-bond acceptors (Lipinski definition) is 4. The maximum Gasteiger partial charge on any atom is 0.193 e. The van der Waals surface area contributed by atoms with Gasteiger partial charge in [-0.2, -0.15) is 0 Å². The summed E-state index contributed by atoms with van der Waals surface area (Å²) in [5.41, 5.74) is 9.34. The summed E-state index contributed by atoms with van der Waals surface area (Å²) in [5.74, 6) is 2.16. The van der Waals surface area contributed by atoms with Crippen molar-refractivity contribution in [3.05, 3.63) is 83.8 Å². The van der Waals surface area contributed by atoms with Crippen LogP contribution in [0.5, 0.6) is 5.75 Å². The third-order valence-corrected chi connectivity index (χ3v) is 4.48. The van der Waals surface area contributed by atoms with Gasteiger partial charge in [0.2, 0.25) is 0 Å². The van der Waals surface area contributed by atoms with Crippen LogP contribution in [0.1, 0.15) is 30.7 Å². The molecule has 0 radical (unpaired) electrons. The van der Waals surface area contributed by atoms with Crippen molar-refractivity contribution in [3.63, 3.8) is 0 Å². The number of hydrogen-bond donors (Lipinski definition) is 2. The molecular weight excluding hydrogens is 503 g/mol. The van der Waals surface area contributed by atoms with Gasteiger partial charge in [-0.1, -0.05) is 24.3 Å². The topological polar surface area (TPSA) is 76.0 Å². The van der Waals surface area contributed by atoms with E-state index in [0.717, 1.165) is 35.9 Å². The highest BCUT2D eigenvalue weighted by Gasteiger charge is 2.08. The maximum absolute atomic E-state index is 6.10. The van der Waals surface area contributed by atoms with E-state index in [-0.39, 0.29) is 30.1 Å². The SMILES string of the molecule is CC(C)Oc1ccc(NC(N)=NCc2ccccc2CN(C)Cc2ccco2)cc1.I. The highest BCUT2D eigenvalue weighted by Crippen LogP contribution is 2.17. The molecule has 0 saturated carbocycles. The molecular formula is C24H31IN4O2. The predicted molar refractivity (Wildman–Crippen MR) is 137 cm³/mol. The Bertz CT molecular complexity index is 940. The Kier molecular flexibility index (Phi) is 9.87. The maximum atomic E-state index is 6.10. The molecule has 31 heavy (non-hydrogen) atoms. The molecule has 7 heteroatoms. The first-order valence-electron chi connectivity index (χ1n) is 10.1. The zero-order valence-corrected chi connectivity index (χ0v) is 20.6. The van der Waals surface area contributed by atoms with Crippen molar-refractivity contribution in [1.82, 2.24) is 4.90 Å². The summed E-state index contributed by atoms with van der Waals surface area (Å²) in [7, 11) is 2.07. The molecule has 0 atom stereocenters. The molecule has 0 aliphatic carbocycles. The average molecular weight is 534 g/mol. The number of benzene rings is 2. The molecule has 3 N–H and O–H groups in total. The van der Waals surface area contributed by atoms with Gasteiger partial charge in [-0.25, -0.2) is 4.99 Å². The zero-order valence-electron chi connectivity index (χ0n) is 18.2. The van der Waals surface area contributed by atoms with Gasteiger partial charge in [-0.15, -0.1) is 24.0 Å². The normalized spacial score (nSPS) is 11.5. The van der Waals surface area contributed by atoms with Crippen molar-refractivity contribution >= 4 is 35.6 Å². The smallest absolute Gasteiger partial charge is 0.193 e. The average Bonchev–Trinajstić information content (AvgIpc) is 3.21. The minimum Gasteiger partial charge on any atom is -0.491 e. The largest absolute Gasteiger partial charge is 0.491 e. The Morgan fingerprint density at radius 2 is 1.74 bits per heavy atom. The number of ether oxygens (including phenoxy) is 1. The number of nitrogens with one attached hydrogen (secondary N) is 1. The fourth-order valence-electron chi connectivity index (χ4n) is 3.13. The van der Waals surface area contributed by atoms with Crippen LogP contribution < -0.4 is 15.8 Å². The molecule has 0 aliphatic rings. The van der Waals surface area contributed by atoms with Gasteiger partial charge in [0.25, 0.3) is 0 Å². The van der Waals surface area contributed by atoms with Crippen LogP contribution in [0.25, 0.3) is 0 Å². The van der Waals surface area contributed by atoms with E-state index in [1.807, 2.05) is 62.4 Å². The van der Waals surface area contributed by atoms with E-state index >= 15 is 0 Å². The number of nitrogens with two attached hydrogens (primary N) is 1. The summed E-state index contributed by atoms with van der Waals surface area (Å²) in [6.45, 7) is 6.08. The van der Waals surface area contributed by atoms with Gasteiger partial charge >= 0.3 is 0 Å². The number of nitrogens with zero attached hydrogens (tertiary/aromatic N) is 2. The van der Waals surface area contributed by atoms with Crippen molar-refractivity contribution < 1.29 is 9.15 Å². The summed E-state index contributed by atoms with van der Waals surface area (Å²) in [5, 5.41) is 3.13. The molecule has 6 nitrogen and oxygen atoms in total. The van der Waals surface area contributed by atoms with E-state index in [2.05, 4.69) is 34.4 Å². The van der Waals surface area contributed by atoms with Crippen molar-refractivity contribution in [1.29, 1.82) is 0 Å². The molecule has 0 bridgehead atoms. The van der Waals surface area contributed by atoms with Crippen molar-refractivity contribution in [2.45, 2.75) is 39.6 Å². The van der Waals surface area contributed by atoms with Gasteiger partial charge < -0.3 is 20.2 Å². The molecule has 0 spiro atoms. The Balaban J connectivity index is 0.00000341. The molecule has 0 aliphatic heterocycles. The molecule has 1 heterocycles. The molecule has 0 fully saturated rings. The van der Waals surface area contributed by atoms with E-state index in [9.17, 15) is 0 Å². The molecule has 166 valence electrons. The van der Waals surface area contributed by atoms with Gasteiger partial charge in [0.05, 0.1) is 25.5 Å². The Labute approximate surface area is 201 Å². The molecule has 1 aromatic heterocycles. The van der Waals surface area contributed by atoms with Crippen LogP contribution in [0.4, 0.5) is 5.69 Å². The third kappa shape index (κ3) is 8.26. The zero-order chi connectivity index (χ0) is 21.3. The van der Waals surface area contributed by atoms with Gasteiger partial charge in [0.15, 0.2) is 5.96 Å². The molecule has 0 amide bonds.